The van der Waals surface area contributed by atoms with Crippen LogP contribution in [0.1, 0.15) is 12.1 Å². The number of carboxylic acids is 1. The Hall–Kier alpha value is -2.43. The monoisotopic (exact) mass is 272 g/mol. The van der Waals surface area contributed by atoms with E-state index in [-0.39, 0.29) is 18.9 Å². The Labute approximate surface area is 116 Å². The van der Waals surface area contributed by atoms with Crippen molar-refractivity contribution in [3.8, 4) is 0 Å². The third kappa shape index (κ3) is 3.54. The molecule has 0 saturated heterocycles. The molecule has 1 aromatic heterocycles. The Morgan fingerprint density at radius 1 is 1.20 bits per heavy atom. The quantitative estimate of drug-likeness (QED) is 0.899. The second-order valence-electron chi connectivity index (χ2n) is 4.64. The van der Waals surface area contributed by atoms with Crippen molar-refractivity contribution >= 4 is 22.8 Å². The number of aromatic nitrogens is 1. The molecule has 1 heterocycles. The molecule has 1 amide bonds. The van der Waals surface area contributed by atoms with Gasteiger partial charge in [0.2, 0.25) is 5.91 Å². The lowest BCUT2D eigenvalue weighted by molar-refractivity contribution is -0.143. The second-order valence-corrected chi connectivity index (χ2v) is 4.64. The zero-order valence-electron chi connectivity index (χ0n) is 11.2. The molecule has 1 aromatic carbocycles. The number of hydrogen-bond donors (Lipinski definition) is 1. The Bertz CT molecular complexity index is 640. The van der Waals surface area contributed by atoms with Gasteiger partial charge in [-0.25, -0.2) is 0 Å². The topological polar surface area (TPSA) is 70.5 Å². The SMILES string of the molecule is CN(CC(=O)O)C(=O)CCc1ccc2ccccc2n1. The molecule has 20 heavy (non-hydrogen) atoms. The Morgan fingerprint density at radius 2 is 1.95 bits per heavy atom. The van der Waals surface area contributed by atoms with Crippen LogP contribution in [-0.2, 0) is 16.0 Å². The number of likely N-dealkylation sites (N-methyl/N-ethyl adjacent to an activating group) is 1. The van der Waals surface area contributed by atoms with Gasteiger partial charge in [-0.3, -0.25) is 14.6 Å². The van der Waals surface area contributed by atoms with Crippen molar-refractivity contribution in [2.45, 2.75) is 12.8 Å². The third-order valence-corrected chi connectivity index (χ3v) is 3.05. The molecule has 0 saturated carbocycles. The van der Waals surface area contributed by atoms with Gasteiger partial charge >= 0.3 is 5.97 Å². The summed E-state index contributed by atoms with van der Waals surface area (Å²) in [5, 5.41) is 9.69. The van der Waals surface area contributed by atoms with Crippen LogP contribution in [0, 0.1) is 0 Å². The van der Waals surface area contributed by atoms with E-state index in [4.69, 9.17) is 5.11 Å². The minimum Gasteiger partial charge on any atom is -0.480 e. The molecule has 1 N–H and O–H groups in total. The number of carbonyl (C=O) groups excluding carboxylic acids is 1. The fourth-order valence-corrected chi connectivity index (χ4v) is 1.96. The molecule has 0 unspecified atom stereocenters. The van der Waals surface area contributed by atoms with Crippen molar-refractivity contribution in [1.29, 1.82) is 0 Å². The summed E-state index contributed by atoms with van der Waals surface area (Å²) in [6.45, 7) is -0.274. The predicted octanol–water partition coefficient (Wildman–Crippen LogP) is 1.71. The van der Waals surface area contributed by atoms with Gasteiger partial charge in [0.1, 0.15) is 6.54 Å². The molecule has 5 nitrogen and oxygen atoms in total. The second kappa shape index (κ2) is 6.14. The van der Waals surface area contributed by atoms with Crippen molar-refractivity contribution in [2.24, 2.45) is 0 Å². The number of pyridine rings is 1. The van der Waals surface area contributed by atoms with Crippen molar-refractivity contribution in [1.82, 2.24) is 9.88 Å². The lowest BCUT2D eigenvalue weighted by Crippen LogP contribution is -2.32. The van der Waals surface area contributed by atoms with Gasteiger partial charge in [-0.2, -0.15) is 0 Å². The predicted molar refractivity (Wildman–Crippen MR) is 75.3 cm³/mol. The summed E-state index contributed by atoms with van der Waals surface area (Å²) in [5.74, 6) is -1.20. The standard InChI is InChI=1S/C15H16N2O3/c1-17(10-15(19)20)14(18)9-8-12-7-6-11-4-2-3-5-13(11)16-12/h2-7H,8-10H2,1H3,(H,19,20). The van der Waals surface area contributed by atoms with Gasteiger partial charge in [0, 0.05) is 24.5 Å². The normalized spacial score (nSPS) is 10.4. The number of fused-ring (bicyclic) bond motifs is 1. The number of carbonyl (C=O) groups is 2. The number of aliphatic carboxylic acids is 1. The van der Waals surface area contributed by atoms with E-state index in [9.17, 15) is 9.59 Å². The molecule has 0 radical (unpaired) electrons. The van der Waals surface area contributed by atoms with Crippen LogP contribution < -0.4 is 0 Å². The summed E-state index contributed by atoms with van der Waals surface area (Å²) in [5.41, 5.74) is 1.73. The zero-order chi connectivity index (χ0) is 14.5. The van der Waals surface area contributed by atoms with Gasteiger partial charge in [-0.05, 0) is 18.6 Å². The fourth-order valence-electron chi connectivity index (χ4n) is 1.96. The van der Waals surface area contributed by atoms with Crippen LogP contribution in [-0.4, -0.2) is 40.5 Å². The van der Waals surface area contributed by atoms with E-state index < -0.39 is 5.97 Å². The van der Waals surface area contributed by atoms with E-state index in [2.05, 4.69) is 4.98 Å². The van der Waals surface area contributed by atoms with E-state index in [1.807, 2.05) is 36.4 Å². The van der Waals surface area contributed by atoms with Gasteiger partial charge in [0.25, 0.3) is 0 Å². The molecule has 5 heteroatoms. The largest absolute Gasteiger partial charge is 0.480 e. The van der Waals surface area contributed by atoms with Crippen LogP contribution in [0.2, 0.25) is 0 Å². The molecule has 0 fully saturated rings. The first-order valence-corrected chi connectivity index (χ1v) is 6.36. The van der Waals surface area contributed by atoms with Crippen LogP contribution in [0.3, 0.4) is 0 Å². The Balaban J connectivity index is 1.98. The zero-order valence-corrected chi connectivity index (χ0v) is 11.2. The Morgan fingerprint density at radius 3 is 2.70 bits per heavy atom. The van der Waals surface area contributed by atoms with Gasteiger partial charge in [-0.15, -0.1) is 0 Å². The van der Waals surface area contributed by atoms with Crippen molar-refractivity contribution in [3.05, 3.63) is 42.1 Å². The third-order valence-electron chi connectivity index (χ3n) is 3.05. The number of benzene rings is 1. The molecule has 104 valence electrons. The summed E-state index contributed by atoms with van der Waals surface area (Å²) in [7, 11) is 1.49. The average molecular weight is 272 g/mol. The minimum atomic E-state index is -1.01. The van der Waals surface area contributed by atoms with Crippen LogP contribution in [0.25, 0.3) is 10.9 Å². The van der Waals surface area contributed by atoms with Crippen molar-refractivity contribution in [2.75, 3.05) is 13.6 Å². The summed E-state index contributed by atoms with van der Waals surface area (Å²) < 4.78 is 0. The highest BCUT2D eigenvalue weighted by Crippen LogP contribution is 2.12. The molecule has 0 atom stereocenters. The number of carboxylic acid groups (broad SMARTS) is 1. The number of para-hydroxylation sites is 1. The lowest BCUT2D eigenvalue weighted by atomic mass is 10.1. The molecular weight excluding hydrogens is 256 g/mol. The van der Waals surface area contributed by atoms with E-state index in [0.717, 1.165) is 16.6 Å². The highest BCUT2D eigenvalue weighted by Gasteiger charge is 2.12. The van der Waals surface area contributed by atoms with Crippen LogP contribution in [0.15, 0.2) is 36.4 Å². The molecule has 0 aliphatic heterocycles. The van der Waals surface area contributed by atoms with Crippen molar-refractivity contribution in [3.63, 3.8) is 0 Å². The smallest absolute Gasteiger partial charge is 0.323 e. The number of hydrogen-bond acceptors (Lipinski definition) is 3. The highest BCUT2D eigenvalue weighted by atomic mass is 16.4. The maximum atomic E-state index is 11.8. The Kier molecular flexibility index (Phi) is 4.30. The van der Waals surface area contributed by atoms with Crippen LogP contribution in [0.5, 0.6) is 0 Å². The molecule has 0 bridgehead atoms. The van der Waals surface area contributed by atoms with Crippen LogP contribution >= 0.6 is 0 Å². The lowest BCUT2D eigenvalue weighted by Gasteiger charge is -2.14. The van der Waals surface area contributed by atoms with Gasteiger partial charge < -0.3 is 10.0 Å². The summed E-state index contributed by atoms with van der Waals surface area (Å²) in [6, 6.07) is 11.7. The maximum absolute atomic E-state index is 11.8. The molecular formula is C15H16N2O3. The highest BCUT2D eigenvalue weighted by molar-refractivity contribution is 5.81. The van der Waals surface area contributed by atoms with Gasteiger partial charge in [-0.1, -0.05) is 24.3 Å². The van der Waals surface area contributed by atoms with Gasteiger partial charge in [0.15, 0.2) is 0 Å². The number of nitrogens with zero attached hydrogens (tertiary/aromatic N) is 2. The fraction of sp³-hybridized carbons (Fsp3) is 0.267. The number of amides is 1. The average Bonchev–Trinajstić information content (AvgIpc) is 2.43. The summed E-state index contributed by atoms with van der Waals surface area (Å²) >= 11 is 0. The molecule has 2 aromatic rings. The van der Waals surface area contributed by atoms with E-state index >= 15 is 0 Å². The van der Waals surface area contributed by atoms with E-state index in [1.165, 1.54) is 11.9 Å². The number of rotatable bonds is 5. The van der Waals surface area contributed by atoms with Gasteiger partial charge in [0.05, 0.1) is 5.52 Å². The maximum Gasteiger partial charge on any atom is 0.323 e. The van der Waals surface area contributed by atoms with Crippen LogP contribution in [0.4, 0.5) is 0 Å². The van der Waals surface area contributed by atoms with E-state index in [1.54, 1.807) is 0 Å². The first-order valence-electron chi connectivity index (χ1n) is 6.36. The molecule has 0 aliphatic rings. The molecule has 2 rings (SSSR count). The molecule has 0 aliphatic carbocycles. The van der Waals surface area contributed by atoms with E-state index in [0.29, 0.717) is 6.42 Å². The first-order chi connectivity index (χ1) is 9.56. The molecule has 0 spiro atoms. The summed E-state index contributed by atoms with van der Waals surface area (Å²) in [4.78, 5) is 28.0. The van der Waals surface area contributed by atoms with Crippen molar-refractivity contribution < 1.29 is 14.7 Å². The summed E-state index contributed by atoms with van der Waals surface area (Å²) in [6.07, 6.45) is 0.767. The first kappa shape index (κ1) is 14.0. The minimum absolute atomic E-state index is 0.192. The number of aryl methyl sites for hydroxylation is 1.